The molecular weight excluding hydrogens is 344 g/mol. The molecule has 6 heteroatoms. The van der Waals surface area contributed by atoms with Crippen molar-refractivity contribution in [3.05, 3.63) is 53.6 Å². The second-order valence-electron chi connectivity index (χ2n) is 7.19. The van der Waals surface area contributed by atoms with Gasteiger partial charge in [-0.25, -0.2) is 4.90 Å². The molecule has 0 radical (unpaired) electrons. The predicted molar refractivity (Wildman–Crippen MR) is 99.1 cm³/mol. The van der Waals surface area contributed by atoms with Crippen LogP contribution in [0.2, 0.25) is 0 Å². The highest BCUT2D eigenvalue weighted by molar-refractivity contribution is 6.22. The Morgan fingerprint density at radius 1 is 0.889 bits per heavy atom. The molecule has 0 aromatic heterocycles. The fourth-order valence-electron chi connectivity index (χ4n) is 4.17. The zero-order chi connectivity index (χ0) is 18.4. The molecule has 1 fully saturated rings. The van der Waals surface area contributed by atoms with Crippen molar-refractivity contribution in [3.8, 4) is 11.5 Å². The number of hydrogen-bond acceptors (Lipinski definition) is 5. The van der Waals surface area contributed by atoms with Crippen molar-refractivity contribution in [2.24, 2.45) is 0 Å². The van der Waals surface area contributed by atoms with Gasteiger partial charge in [-0.15, -0.1) is 0 Å². The molecule has 1 unspecified atom stereocenters. The summed E-state index contributed by atoms with van der Waals surface area (Å²) in [6.45, 7) is 0.967. The maximum Gasteiger partial charge on any atom is 0.251 e. The zero-order valence-electron chi connectivity index (χ0n) is 14.8. The van der Waals surface area contributed by atoms with E-state index in [0.717, 1.165) is 12.8 Å². The van der Waals surface area contributed by atoms with Crippen LogP contribution < -0.4 is 19.7 Å². The van der Waals surface area contributed by atoms with E-state index in [9.17, 15) is 9.59 Å². The lowest BCUT2D eigenvalue weighted by Gasteiger charge is -2.22. The topological polar surface area (TPSA) is 67.9 Å². The Bertz CT molecular complexity index is 901. The lowest BCUT2D eigenvalue weighted by Crippen LogP contribution is -2.44. The van der Waals surface area contributed by atoms with Gasteiger partial charge in [-0.05, 0) is 36.1 Å². The van der Waals surface area contributed by atoms with Crippen molar-refractivity contribution in [2.45, 2.75) is 31.3 Å². The first kappa shape index (κ1) is 16.3. The SMILES string of the molecule is O=C1CC(NC2Cc3ccccc3C2)C(=O)N1c1ccc2c(c1)OCCO2. The van der Waals surface area contributed by atoms with E-state index in [2.05, 4.69) is 17.4 Å². The van der Waals surface area contributed by atoms with Gasteiger partial charge in [0, 0.05) is 12.1 Å². The standard InChI is InChI=1S/C21H20N2O4/c24-20-12-17(22-15-9-13-3-1-2-4-14(13)10-15)21(25)23(20)16-5-6-18-19(11-16)27-8-7-26-18/h1-6,11,15,17,22H,7-10,12H2. The van der Waals surface area contributed by atoms with Crippen LogP contribution in [0.25, 0.3) is 0 Å². The van der Waals surface area contributed by atoms with Crippen molar-refractivity contribution in [1.29, 1.82) is 0 Å². The molecule has 27 heavy (non-hydrogen) atoms. The molecule has 3 aliphatic rings. The number of nitrogens with one attached hydrogen (secondary N) is 1. The number of carbonyl (C=O) groups excluding carboxylic acids is 2. The predicted octanol–water partition coefficient (Wildman–Crippen LogP) is 1.85. The minimum Gasteiger partial charge on any atom is -0.486 e. The minimum absolute atomic E-state index is 0.181. The summed E-state index contributed by atoms with van der Waals surface area (Å²) in [6.07, 6.45) is 1.95. The van der Waals surface area contributed by atoms with E-state index in [1.165, 1.54) is 16.0 Å². The Morgan fingerprint density at radius 2 is 1.59 bits per heavy atom. The number of imide groups is 1. The van der Waals surface area contributed by atoms with Crippen molar-refractivity contribution in [1.82, 2.24) is 5.32 Å². The van der Waals surface area contributed by atoms with Crippen molar-refractivity contribution >= 4 is 17.5 Å². The number of anilines is 1. The van der Waals surface area contributed by atoms with E-state index in [-0.39, 0.29) is 24.3 Å². The van der Waals surface area contributed by atoms with Crippen LogP contribution in [0.5, 0.6) is 11.5 Å². The maximum absolute atomic E-state index is 12.9. The summed E-state index contributed by atoms with van der Waals surface area (Å²) in [5.74, 6) is 0.821. The largest absolute Gasteiger partial charge is 0.486 e. The zero-order valence-corrected chi connectivity index (χ0v) is 14.8. The van der Waals surface area contributed by atoms with Gasteiger partial charge in [0.25, 0.3) is 5.91 Å². The number of ether oxygens (including phenoxy) is 2. The van der Waals surface area contributed by atoms with E-state index < -0.39 is 6.04 Å². The van der Waals surface area contributed by atoms with Crippen LogP contribution in [0.3, 0.4) is 0 Å². The van der Waals surface area contributed by atoms with Crippen molar-refractivity contribution in [3.63, 3.8) is 0 Å². The molecule has 0 saturated carbocycles. The van der Waals surface area contributed by atoms with Crippen LogP contribution in [0, 0.1) is 0 Å². The summed E-state index contributed by atoms with van der Waals surface area (Å²) in [5, 5.41) is 3.40. The Morgan fingerprint density at radius 3 is 2.33 bits per heavy atom. The molecule has 1 atom stereocenters. The first-order valence-corrected chi connectivity index (χ1v) is 9.28. The fourth-order valence-corrected chi connectivity index (χ4v) is 4.17. The van der Waals surface area contributed by atoms with Gasteiger partial charge in [0.2, 0.25) is 5.91 Å². The van der Waals surface area contributed by atoms with E-state index in [1.54, 1.807) is 18.2 Å². The van der Waals surface area contributed by atoms with E-state index in [4.69, 9.17) is 9.47 Å². The average Bonchev–Trinajstić information content (AvgIpc) is 3.21. The van der Waals surface area contributed by atoms with Crippen molar-refractivity contribution in [2.75, 3.05) is 18.1 Å². The molecule has 1 aliphatic carbocycles. The first-order valence-electron chi connectivity index (χ1n) is 9.28. The van der Waals surface area contributed by atoms with E-state index in [1.807, 2.05) is 12.1 Å². The summed E-state index contributed by atoms with van der Waals surface area (Å²) < 4.78 is 11.1. The molecule has 2 aromatic carbocycles. The van der Waals surface area contributed by atoms with Gasteiger partial charge in [0.15, 0.2) is 11.5 Å². The van der Waals surface area contributed by atoms with Crippen LogP contribution in [-0.4, -0.2) is 37.1 Å². The maximum atomic E-state index is 12.9. The summed E-state index contributed by atoms with van der Waals surface area (Å²) >= 11 is 0. The molecule has 2 aromatic rings. The highest BCUT2D eigenvalue weighted by atomic mass is 16.6. The van der Waals surface area contributed by atoms with Gasteiger partial charge >= 0.3 is 0 Å². The fraction of sp³-hybridized carbons (Fsp3) is 0.333. The summed E-state index contributed by atoms with van der Waals surface area (Å²) in [5.41, 5.74) is 3.17. The van der Waals surface area contributed by atoms with Crippen LogP contribution >= 0.6 is 0 Å². The third-order valence-corrected chi connectivity index (χ3v) is 5.42. The third-order valence-electron chi connectivity index (χ3n) is 5.42. The highest BCUT2D eigenvalue weighted by Gasteiger charge is 2.41. The number of hydrogen-bond donors (Lipinski definition) is 1. The Balaban J connectivity index is 1.32. The van der Waals surface area contributed by atoms with Gasteiger partial charge in [-0.2, -0.15) is 0 Å². The number of fused-ring (bicyclic) bond motifs is 2. The van der Waals surface area contributed by atoms with Crippen LogP contribution in [0.4, 0.5) is 5.69 Å². The minimum atomic E-state index is -0.481. The first-order chi connectivity index (χ1) is 13.2. The molecule has 6 nitrogen and oxygen atoms in total. The summed E-state index contributed by atoms with van der Waals surface area (Å²) in [7, 11) is 0. The average molecular weight is 364 g/mol. The molecule has 2 amide bonds. The van der Waals surface area contributed by atoms with Crippen LogP contribution in [-0.2, 0) is 22.4 Å². The van der Waals surface area contributed by atoms with Crippen molar-refractivity contribution < 1.29 is 19.1 Å². The quantitative estimate of drug-likeness (QED) is 0.842. The van der Waals surface area contributed by atoms with Crippen LogP contribution in [0.15, 0.2) is 42.5 Å². The molecule has 2 heterocycles. The molecule has 1 N–H and O–H groups in total. The Labute approximate surface area is 157 Å². The smallest absolute Gasteiger partial charge is 0.251 e. The molecule has 5 rings (SSSR count). The van der Waals surface area contributed by atoms with Gasteiger partial charge in [0.1, 0.15) is 13.2 Å². The lowest BCUT2D eigenvalue weighted by molar-refractivity contribution is -0.121. The molecule has 1 saturated heterocycles. The van der Waals surface area contributed by atoms with Gasteiger partial charge in [0.05, 0.1) is 18.2 Å². The number of benzene rings is 2. The number of nitrogens with zero attached hydrogens (tertiary/aromatic N) is 1. The van der Waals surface area contributed by atoms with E-state index in [0.29, 0.717) is 30.4 Å². The lowest BCUT2D eigenvalue weighted by atomic mass is 10.1. The van der Waals surface area contributed by atoms with Gasteiger partial charge < -0.3 is 14.8 Å². The van der Waals surface area contributed by atoms with E-state index >= 15 is 0 Å². The summed E-state index contributed by atoms with van der Waals surface area (Å²) in [6, 6.07) is 13.2. The Hall–Kier alpha value is -2.86. The third kappa shape index (κ3) is 2.86. The van der Waals surface area contributed by atoms with Gasteiger partial charge in [-0.1, -0.05) is 24.3 Å². The normalized spacial score (nSPS) is 21.6. The van der Waals surface area contributed by atoms with Gasteiger partial charge in [-0.3, -0.25) is 9.59 Å². The second kappa shape index (κ2) is 6.39. The summed E-state index contributed by atoms with van der Waals surface area (Å²) in [4.78, 5) is 26.7. The molecule has 0 spiro atoms. The number of amides is 2. The monoisotopic (exact) mass is 364 g/mol. The molecule has 2 aliphatic heterocycles. The highest BCUT2D eigenvalue weighted by Crippen LogP contribution is 2.35. The molecule has 0 bridgehead atoms. The number of rotatable bonds is 3. The second-order valence-corrected chi connectivity index (χ2v) is 7.19. The van der Waals surface area contributed by atoms with Crippen LogP contribution in [0.1, 0.15) is 17.5 Å². The Kier molecular flexibility index (Phi) is 3.86. The molecule has 138 valence electrons. The molecular formula is C21H20N2O4. The number of carbonyl (C=O) groups is 2.